The molecule has 3 aromatic heterocycles. The first kappa shape index (κ1) is 16.2. The fourth-order valence-electron chi connectivity index (χ4n) is 3.31. The Hall–Kier alpha value is -3.25. The van der Waals surface area contributed by atoms with Crippen LogP contribution in [0.1, 0.15) is 17.2 Å². The van der Waals surface area contributed by atoms with Crippen LogP contribution in [0.5, 0.6) is 0 Å². The van der Waals surface area contributed by atoms with Crippen LogP contribution in [-0.2, 0) is 12.2 Å². The highest BCUT2D eigenvalue weighted by Crippen LogP contribution is 2.34. The standard InChI is InChI=1S/C20H20N6/c21-20(25-14-6-12-23-25,26-15-7-13-24-26)19(17-8-2-1-3-9-17)16-18-10-4-5-11-22-18/h1-15,19H,16,21H2. The molecular formula is C20H20N6. The van der Waals surface area contributed by atoms with Crippen molar-refractivity contribution in [2.24, 2.45) is 5.73 Å². The maximum Gasteiger partial charge on any atom is 0.212 e. The van der Waals surface area contributed by atoms with Crippen molar-refractivity contribution < 1.29 is 0 Å². The minimum Gasteiger partial charge on any atom is -0.288 e. The molecule has 0 saturated carbocycles. The number of benzene rings is 1. The number of hydrogen-bond donors (Lipinski definition) is 1. The molecule has 0 bridgehead atoms. The van der Waals surface area contributed by atoms with Gasteiger partial charge in [-0.15, -0.1) is 0 Å². The molecule has 3 heterocycles. The second-order valence-electron chi connectivity index (χ2n) is 6.17. The molecule has 1 atom stereocenters. The van der Waals surface area contributed by atoms with Crippen molar-refractivity contribution in [2.45, 2.75) is 18.1 Å². The SMILES string of the molecule is NC(C(Cc1ccccn1)c1ccccc1)(n1cccn1)n1cccn1. The zero-order chi connectivity index (χ0) is 17.8. The number of pyridine rings is 1. The lowest BCUT2D eigenvalue weighted by molar-refractivity contribution is 0.140. The lowest BCUT2D eigenvalue weighted by Gasteiger charge is -2.38. The maximum absolute atomic E-state index is 7.03. The maximum atomic E-state index is 7.03. The molecule has 0 fully saturated rings. The average molecular weight is 344 g/mol. The molecule has 130 valence electrons. The molecule has 26 heavy (non-hydrogen) atoms. The number of nitrogens with two attached hydrogens (primary N) is 1. The van der Waals surface area contributed by atoms with Crippen LogP contribution in [-0.4, -0.2) is 24.5 Å². The summed E-state index contributed by atoms with van der Waals surface area (Å²) in [5, 5.41) is 8.89. The van der Waals surface area contributed by atoms with E-state index in [1.807, 2.05) is 60.9 Å². The first-order chi connectivity index (χ1) is 12.8. The minimum absolute atomic E-state index is 0.126. The third kappa shape index (κ3) is 2.91. The van der Waals surface area contributed by atoms with Gasteiger partial charge in [0.1, 0.15) is 0 Å². The van der Waals surface area contributed by atoms with E-state index in [0.29, 0.717) is 6.42 Å². The Labute approximate surface area is 151 Å². The highest BCUT2D eigenvalue weighted by molar-refractivity contribution is 5.25. The van der Waals surface area contributed by atoms with E-state index in [1.165, 1.54) is 0 Å². The van der Waals surface area contributed by atoms with E-state index in [2.05, 4.69) is 27.3 Å². The predicted octanol–water partition coefficient (Wildman–Crippen LogP) is 2.62. The molecule has 4 rings (SSSR count). The van der Waals surface area contributed by atoms with Crippen LogP contribution >= 0.6 is 0 Å². The zero-order valence-corrected chi connectivity index (χ0v) is 14.3. The van der Waals surface area contributed by atoms with Gasteiger partial charge in [-0.2, -0.15) is 10.2 Å². The van der Waals surface area contributed by atoms with Gasteiger partial charge < -0.3 is 0 Å². The lowest BCUT2D eigenvalue weighted by Crippen LogP contribution is -2.55. The Balaban J connectivity index is 1.87. The number of rotatable bonds is 6. The van der Waals surface area contributed by atoms with Gasteiger partial charge in [0.2, 0.25) is 5.79 Å². The smallest absolute Gasteiger partial charge is 0.212 e. The summed E-state index contributed by atoms with van der Waals surface area (Å²) >= 11 is 0. The van der Waals surface area contributed by atoms with Crippen LogP contribution in [0.15, 0.2) is 91.6 Å². The molecule has 0 aliphatic rings. The monoisotopic (exact) mass is 344 g/mol. The van der Waals surface area contributed by atoms with Gasteiger partial charge in [0.05, 0.1) is 0 Å². The molecule has 6 heteroatoms. The third-order valence-electron chi connectivity index (χ3n) is 4.60. The van der Waals surface area contributed by atoms with Crippen LogP contribution in [0.4, 0.5) is 0 Å². The summed E-state index contributed by atoms with van der Waals surface area (Å²) in [6.07, 6.45) is 9.66. The first-order valence-corrected chi connectivity index (χ1v) is 8.52. The van der Waals surface area contributed by atoms with Crippen molar-refractivity contribution in [3.63, 3.8) is 0 Å². The van der Waals surface area contributed by atoms with Gasteiger partial charge in [-0.1, -0.05) is 36.4 Å². The molecule has 1 aromatic carbocycles. The Bertz CT molecular complexity index is 883. The summed E-state index contributed by atoms with van der Waals surface area (Å²) in [4.78, 5) is 4.51. The Morgan fingerprint density at radius 3 is 2.00 bits per heavy atom. The molecule has 0 spiro atoms. The summed E-state index contributed by atoms with van der Waals surface area (Å²) in [5.74, 6) is -1.13. The Morgan fingerprint density at radius 2 is 1.46 bits per heavy atom. The summed E-state index contributed by atoms with van der Waals surface area (Å²) < 4.78 is 3.53. The largest absolute Gasteiger partial charge is 0.288 e. The molecule has 4 aromatic rings. The van der Waals surface area contributed by atoms with E-state index < -0.39 is 5.79 Å². The molecule has 0 amide bonds. The van der Waals surface area contributed by atoms with Gasteiger partial charge in [-0.25, -0.2) is 9.36 Å². The van der Waals surface area contributed by atoms with Crippen LogP contribution in [0.25, 0.3) is 0 Å². The van der Waals surface area contributed by atoms with Crippen molar-refractivity contribution in [1.82, 2.24) is 24.5 Å². The van der Waals surface area contributed by atoms with Gasteiger partial charge in [0.15, 0.2) is 0 Å². The predicted molar refractivity (Wildman–Crippen MR) is 99.1 cm³/mol. The average Bonchev–Trinajstić information content (AvgIpc) is 3.41. The van der Waals surface area contributed by atoms with E-state index in [0.717, 1.165) is 11.3 Å². The summed E-state index contributed by atoms with van der Waals surface area (Å²) in [6, 6.07) is 19.9. The molecule has 1 unspecified atom stereocenters. The number of hydrogen-bond acceptors (Lipinski definition) is 4. The van der Waals surface area contributed by atoms with Gasteiger partial charge in [-0.3, -0.25) is 10.7 Å². The van der Waals surface area contributed by atoms with Gasteiger partial charge in [-0.05, 0) is 29.8 Å². The van der Waals surface area contributed by atoms with Crippen LogP contribution in [0.2, 0.25) is 0 Å². The second kappa shape index (κ2) is 6.93. The number of nitrogens with zero attached hydrogens (tertiary/aromatic N) is 5. The van der Waals surface area contributed by atoms with Crippen molar-refractivity contribution >= 4 is 0 Å². The van der Waals surface area contributed by atoms with E-state index >= 15 is 0 Å². The molecular weight excluding hydrogens is 324 g/mol. The van der Waals surface area contributed by atoms with Crippen LogP contribution in [0.3, 0.4) is 0 Å². The highest BCUT2D eigenvalue weighted by Gasteiger charge is 2.41. The lowest BCUT2D eigenvalue weighted by atomic mass is 9.87. The van der Waals surface area contributed by atoms with E-state index in [9.17, 15) is 0 Å². The number of aromatic nitrogens is 5. The minimum atomic E-state index is -1.01. The first-order valence-electron chi connectivity index (χ1n) is 8.52. The molecule has 2 N–H and O–H groups in total. The van der Waals surface area contributed by atoms with Crippen molar-refractivity contribution in [1.29, 1.82) is 0 Å². The fraction of sp³-hybridized carbons (Fsp3) is 0.150. The van der Waals surface area contributed by atoms with E-state index in [-0.39, 0.29) is 5.92 Å². The van der Waals surface area contributed by atoms with Gasteiger partial charge in [0.25, 0.3) is 0 Å². The van der Waals surface area contributed by atoms with Crippen LogP contribution in [0, 0.1) is 0 Å². The van der Waals surface area contributed by atoms with Gasteiger partial charge >= 0.3 is 0 Å². The van der Waals surface area contributed by atoms with Crippen LogP contribution < -0.4 is 5.73 Å². The van der Waals surface area contributed by atoms with Crippen molar-refractivity contribution in [2.75, 3.05) is 0 Å². The fourth-order valence-corrected chi connectivity index (χ4v) is 3.31. The Kier molecular flexibility index (Phi) is 4.33. The van der Waals surface area contributed by atoms with E-state index in [4.69, 9.17) is 5.73 Å². The molecule has 0 aliphatic heterocycles. The van der Waals surface area contributed by atoms with Gasteiger partial charge in [0, 0.05) is 49.0 Å². The van der Waals surface area contributed by atoms with Crippen molar-refractivity contribution in [3.8, 4) is 0 Å². The molecule has 0 saturated heterocycles. The molecule has 6 nitrogen and oxygen atoms in total. The Morgan fingerprint density at radius 1 is 0.808 bits per heavy atom. The quantitative estimate of drug-likeness (QED) is 0.583. The van der Waals surface area contributed by atoms with Crippen molar-refractivity contribution in [3.05, 3.63) is 103 Å². The normalized spacial score (nSPS) is 12.8. The second-order valence-corrected chi connectivity index (χ2v) is 6.17. The molecule has 0 aliphatic carbocycles. The summed E-state index contributed by atoms with van der Waals surface area (Å²) in [7, 11) is 0. The zero-order valence-electron chi connectivity index (χ0n) is 14.3. The summed E-state index contributed by atoms with van der Waals surface area (Å²) in [6.45, 7) is 0. The summed E-state index contributed by atoms with van der Waals surface area (Å²) in [5.41, 5.74) is 9.10. The third-order valence-corrected chi connectivity index (χ3v) is 4.60. The molecule has 0 radical (unpaired) electrons. The highest BCUT2D eigenvalue weighted by atomic mass is 15.5. The van der Waals surface area contributed by atoms with E-state index in [1.54, 1.807) is 28.0 Å². The topological polar surface area (TPSA) is 74.5 Å².